The molecule has 0 aliphatic carbocycles. The molecule has 64 valence electrons. The van der Waals surface area contributed by atoms with E-state index in [1.165, 1.54) is 17.6 Å². The molecule has 0 amide bonds. The number of esters is 1. The fraction of sp³-hybridized carbons (Fsp3) is 0.250. The maximum Gasteiger partial charge on any atom is 0.308 e. The van der Waals surface area contributed by atoms with Gasteiger partial charge in [-0.1, -0.05) is 0 Å². The van der Waals surface area contributed by atoms with E-state index in [-0.39, 0.29) is 11.3 Å². The first-order valence-corrected chi connectivity index (χ1v) is 3.44. The van der Waals surface area contributed by atoms with E-state index in [4.69, 9.17) is 4.74 Å². The zero-order valence-electron chi connectivity index (χ0n) is 6.90. The largest absolute Gasteiger partial charge is 0.426 e. The first-order valence-electron chi connectivity index (χ1n) is 3.44. The lowest BCUT2D eigenvalue weighted by molar-refractivity contribution is -0.131. The molecule has 0 N–H and O–H groups in total. The van der Waals surface area contributed by atoms with Crippen molar-refractivity contribution in [2.75, 3.05) is 0 Å². The summed E-state index contributed by atoms with van der Waals surface area (Å²) in [6.07, 6.45) is 1.54. The Morgan fingerprint density at radius 3 is 2.75 bits per heavy atom. The third kappa shape index (κ3) is 1.95. The lowest BCUT2D eigenvalue weighted by Gasteiger charge is -2.00. The molecule has 0 aliphatic heterocycles. The topological polar surface area (TPSA) is 48.3 Å². The van der Waals surface area contributed by atoms with E-state index in [0.29, 0.717) is 0 Å². The quantitative estimate of drug-likeness (QED) is 0.565. The third-order valence-electron chi connectivity index (χ3n) is 1.34. The first-order chi connectivity index (χ1) is 5.59. The van der Waals surface area contributed by atoms with Crippen molar-refractivity contribution in [1.82, 2.24) is 4.57 Å². The highest BCUT2D eigenvalue weighted by molar-refractivity contribution is 5.69. The number of pyridine rings is 1. The van der Waals surface area contributed by atoms with Gasteiger partial charge < -0.3 is 9.30 Å². The highest BCUT2D eigenvalue weighted by atomic mass is 16.5. The van der Waals surface area contributed by atoms with Gasteiger partial charge in [0.05, 0.1) is 0 Å². The van der Waals surface area contributed by atoms with Crippen LogP contribution < -0.4 is 10.3 Å². The van der Waals surface area contributed by atoms with Crippen LogP contribution in [0.4, 0.5) is 0 Å². The number of nitrogens with zero attached hydrogens (tertiary/aromatic N) is 1. The van der Waals surface area contributed by atoms with Crippen LogP contribution >= 0.6 is 0 Å². The summed E-state index contributed by atoms with van der Waals surface area (Å²) in [5.41, 5.74) is -0.200. The van der Waals surface area contributed by atoms with E-state index < -0.39 is 5.97 Å². The predicted octanol–water partition coefficient (Wildman–Crippen LogP) is 0.311. The Bertz CT molecular complexity index is 354. The molecule has 1 rings (SSSR count). The second-order valence-corrected chi connectivity index (χ2v) is 2.41. The fourth-order valence-electron chi connectivity index (χ4n) is 0.760. The summed E-state index contributed by atoms with van der Waals surface area (Å²) in [4.78, 5) is 21.5. The van der Waals surface area contributed by atoms with Gasteiger partial charge in [-0.25, -0.2) is 0 Å². The Hall–Kier alpha value is -1.58. The van der Waals surface area contributed by atoms with Crippen molar-refractivity contribution in [2.45, 2.75) is 6.92 Å². The van der Waals surface area contributed by atoms with Crippen molar-refractivity contribution < 1.29 is 9.53 Å². The highest BCUT2D eigenvalue weighted by Gasteiger charge is 1.98. The standard InChI is InChI=1S/C8H9NO3/c1-6(10)12-7-3-4-9(2)8(11)5-7/h3-5H,1-2H3. The van der Waals surface area contributed by atoms with Crippen molar-refractivity contribution in [1.29, 1.82) is 0 Å². The van der Waals surface area contributed by atoms with Crippen LogP contribution in [-0.2, 0) is 11.8 Å². The molecule has 0 unspecified atom stereocenters. The highest BCUT2D eigenvalue weighted by Crippen LogP contribution is 2.04. The number of hydrogen-bond acceptors (Lipinski definition) is 3. The summed E-state index contributed by atoms with van der Waals surface area (Å²) in [6.45, 7) is 1.29. The molecule has 4 nitrogen and oxygen atoms in total. The van der Waals surface area contributed by atoms with E-state index in [9.17, 15) is 9.59 Å². The second-order valence-electron chi connectivity index (χ2n) is 2.41. The van der Waals surface area contributed by atoms with E-state index in [2.05, 4.69) is 0 Å². The second kappa shape index (κ2) is 3.21. The van der Waals surface area contributed by atoms with Crippen LogP contribution in [0.3, 0.4) is 0 Å². The van der Waals surface area contributed by atoms with Crippen LogP contribution in [0.5, 0.6) is 5.75 Å². The summed E-state index contributed by atoms with van der Waals surface area (Å²) < 4.78 is 6.09. The van der Waals surface area contributed by atoms with Crippen LogP contribution in [0.1, 0.15) is 6.92 Å². The van der Waals surface area contributed by atoms with Gasteiger partial charge in [0.25, 0.3) is 5.56 Å². The summed E-state index contributed by atoms with van der Waals surface area (Å²) in [5, 5.41) is 0. The zero-order chi connectivity index (χ0) is 9.14. The van der Waals surface area contributed by atoms with Gasteiger partial charge >= 0.3 is 5.97 Å². The Kier molecular flexibility index (Phi) is 2.28. The lowest BCUT2D eigenvalue weighted by atomic mass is 10.4. The minimum absolute atomic E-state index is 0.200. The number of carbonyl (C=O) groups is 1. The van der Waals surface area contributed by atoms with Crippen LogP contribution in [0, 0.1) is 0 Å². The molecule has 1 heterocycles. The fourth-order valence-corrected chi connectivity index (χ4v) is 0.760. The SMILES string of the molecule is CC(=O)Oc1ccn(C)c(=O)c1. The van der Waals surface area contributed by atoms with Gasteiger partial charge in [0.15, 0.2) is 0 Å². The summed E-state index contributed by atoms with van der Waals surface area (Å²) in [6, 6.07) is 2.82. The molecule has 0 aromatic carbocycles. The number of rotatable bonds is 1. The van der Waals surface area contributed by atoms with Gasteiger partial charge in [-0.05, 0) is 6.07 Å². The molecule has 0 saturated carbocycles. The summed E-state index contributed by atoms with van der Waals surface area (Å²) in [7, 11) is 1.62. The molecular weight excluding hydrogens is 158 g/mol. The van der Waals surface area contributed by atoms with Gasteiger partial charge in [-0.2, -0.15) is 0 Å². The van der Waals surface area contributed by atoms with Crippen molar-refractivity contribution in [3.8, 4) is 5.75 Å². The van der Waals surface area contributed by atoms with Crippen molar-refractivity contribution in [3.63, 3.8) is 0 Å². The number of aryl methyl sites for hydroxylation is 1. The molecule has 4 heteroatoms. The van der Waals surface area contributed by atoms with Gasteiger partial charge in [0.2, 0.25) is 0 Å². The van der Waals surface area contributed by atoms with Crippen LogP contribution in [0.2, 0.25) is 0 Å². The van der Waals surface area contributed by atoms with Gasteiger partial charge in [0.1, 0.15) is 5.75 Å². The zero-order valence-corrected chi connectivity index (χ0v) is 6.90. The maximum absolute atomic E-state index is 11.0. The number of ether oxygens (including phenoxy) is 1. The Morgan fingerprint density at radius 1 is 1.58 bits per heavy atom. The summed E-state index contributed by atoms with van der Waals surface area (Å²) >= 11 is 0. The molecule has 0 spiro atoms. The number of carbonyl (C=O) groups excluding carboxylic acids is 1. The Balaban J connectivity index is 2.97. The smallest absolute Gasteiger partial charge is 0.308 e. The Labute approximate surface area is 69.4 Å². The molecule has 1 aromatic heterocycles. The van der Waals surface area contributed by atoms with Crippen LogP contribution in [0.15, 0.2) is 23.1 Å². The average Bonchev–Trinajstić information content (AvgIpc) is 1.96. The van der Waals surface area contributed by atoms with Crippen LogP contribution in [-0.4, -0.2) is 10.5 Å². The molecule has 0 bridgehead atoms. The molecule has 12 heavy (non-hydrogen) atoms. The predicted molar refractivity (Wildman–Crippen MR) is 43.0 cm³/mol. The normalized spacial score (nSPS) is 9.50. The molecule has 0 radical (unpaired) electrons. The van der Waals surface area contributed by atoms with Crippen molar-refractivity contribution >= 4 is 5.97 Å². The third-order valence-corrected chi connectivity index (χ3v) is 1.34. The number of hydrogen-bond donors (Lipinski definition) is 0. The van der Waals surface area contributed by atoms with E-state index in [1.807, 2.05) is 0 Å². The molecule has 0 atom stereocenters. The number of aromatic nitrogens is 1. The first kappa shape index (κ1) is 8.52. The van der Waals surface area contributed by atoms with Gasteiger partial charge in [-0.15, -0.1) is 0 Å². The average molecular weight is 167 g/mol. The molecule has 0 saturated heterocycles. The van der Waals surface area contributed by atoms with E-state index in [1.54, 1.807) is 19.3 Å². The van der Waals surface area contributed by atoms with E-state index in [0.717, 1.165) is 0 Å². The van der Waals surface area contributed by atoms with Gasteiger partial charge in [-0.3, -0.25) is 9.59 Å². The Morgan fingerprint density at radius 2 is 2.25 bits per heavy atom. The van der Waals surface area contributed by atoms with Crippen molar-refractivity contribution in [3.05, 3.63) is 28.7 Å². The molecular formula is C8H9NO3. The molecule has 0 aliphatic rings. The van der Waals surface area contributed by atoms with Crippen molar-refractivity contribution in [2.24, 2.45) is 7.05 Å². The minimum atomic E-state index is -0.428. The minimum Gasteiger partial charge on any atom is -0.426 e. The molecule has 1 aromatic rings. The lowest BCUT2D eigenvalue weighted by Crippen LogP contribution is -2.15. The van der Waals surface area contributed by atoms with E-state index >= 15 is 0 Å². The van der Waals surface area contributed by atoms with Gasteiger partial charge in [0, 0.05) is 26.2 Å². The molecule has 0 fully saturated rings. The summed E-state index contributed by atoms with van der Waals surface area (Å²) in [5.74, 6) is -0.145. The monoisotopic (exact) mass is 167 g/mol. The van der Waals surface area contributed by atoms with Crippen LogP contribution in [0.25, 0.3) is 0 Å². The maximum atomic E-state index is 11.0.